The van der Waals surface area contributed by atoms with Gasteiger partial charge in [0.15, 0.2) is 0 Å². The van der Waals surface area contributed by atoms with Crippen LogP contribution in [0.5, 0.6) is 0 Å². The van der Waals surface area contributed by atoms with E-state index < -0.39 is 27.0 Å². The molecule has 8 heteroatoms. The van der Waals surface area contributed by atoms with Crippen LogP contribution in [0.2, 0.25) is 0 Å². The quantitative estimate of drug-likeness (QED) is 0.829. The molecular weight excluding hydrogens is 353 g/mol. The second-order valence-electron chi connectivity index (χ2n) is 5.23. The first-order chi connectivity index (χ1) is 11.7. The summed E-state index contributed by atoms with van der Waals surface area (Å²) in [6, 6.07) is 14.3. The number of hydrogen-bond acceptors (Lipinski definition) is 4. The molecule has 2 rings (SSSR count). The maximum absolute atomic E-state index is 13.1. The highest BCUT2D eigenvalue weighted by atomic mass is 32.2. The number of hydrogen-bond donors (Lipinski definition) is 0. The Morgan fingerprint density at radius 1 is 0.880 bits per heavy atom. The summed E-state index contributed by atoms with van der Waals surface area (Å²) in [5, 5.41) is 15.7. The Labute approximate surface area is 142 Å². The van der Waals surface area contributed by atoms with Crippen molar-refractivity contribution in [1.29, 1.82) is 10.5 Å². The molecule has 0 amide bonds. The third-order valence-corrected chi connectivity index (χ3v) is 5.45. The van der Waals surface area contributed by atoms with Crippen molar-refractivity contribution < 1.29 is 21.6 Å². The van der Waals surface area contributed by atoms with E-state index in [0.717, 1.165) is 0 Å². The van der Waals surface area contributed by atoms with Gasteiger partial charge in [0.05, 0.1) is 28.5 Å². The van der Waals surface area contributed by atoms with Gasteiger partial charge in [0.1, 0.15) is 0 Å². The van der Waals surface area contributed by atoms with Crippen LogP contribution in [0.15, 0.2) is 48.5 Å². The molecule has 0 spiro atoms. The molecule has 0 saturated heterocycles. The maximum atomic E-state index is 13.1. The highest BCUT2D eigenvalue weighted by Gasteiger charge is 2.51. The van der Waals surface area contributed by atoms with Crippen molar-refractivity contribution in [2.24, 2.45) is 0 Å². The van der Waals surface area contributed by atoms with Crippen LogP contribution < -0.4 is 0 Å². The second-order valence-corrected chi connectivity index (χ2v) is 7.35. The molecule has 0 N–H and O–H groups in total. The van der Waals surface area contributed by atoms with Crippen LogP contribution in [0.1, 0.15) is 27.5 Å². The standard InChI is InChI=1S/C17H11F3N2O2S/c18-17(19,20)25(23,24)16(15-7-5-14(11-22)6-8-15)9-12-1-3-13(10-21)4-2-12/h1-8,16H,9H2. The highest BCUT2D eigenvalue weighted by molar-refractivity contribution is 7.92. The number of halogens is 3. The molecule has 128 valence electrons. The van der Waals surface area contributed by atoms with Gasteiger partial charge < -0.3 is 0 Å². The fraction of sp³-hybridized carbons (Fsp3) is 0.176. The molecule has 0 aliphatic heterocycles. The third-order valence-electron chi connectivity index (χ3n) is 3.61. The Morgan fingerprint density at radius 2 is 1.32 bits per heavy atom. The van der Waals surface area contributed by atoms with E-state index >= 15 is 0 Å². The average Bonchev–Trinajstić information content (AvgIpc) is 2.59. The van der Waals surface area contributed by atoms with E-state index in [1.165, 1.54) is 48.5 Å². The molecule has 0 fully saturated rings. The first-order valence-corrected chi connectivity index (χ1v) is 8.53. The van der Waals surface area contributed by atoms with Gasteiger partial charge in [0.25, 0.3) is 9.84 Å². The fourth-order valence-electron chi connectivity index (χ4n) is 2.27. The van der Waals surface area contributed by atoms with E-state index in [4.69, 9.17) is 10.5 Å². The summed E-state index contributed by atoms with van der Waals surface area (Å²) in [5.74, 6) is 0. The predicted molar refractivity (Wildman–Crippen MR) is 83.7 cm³/mol. The van der Waals surface area contributed by atoms with Crippen molar-refractivity contribution in [2.75, 3.05) is 0 Å². The van der Waals surface area contributed by atoms with Crippen LogP contribution in [0, 0.1) is 22.7 Å². The SMILES string of the molecule is N#Cc1ccc(CC(c2ccc(C#N)cc2)S(=O)(=O)C(F)(F)F)cc1. The minimum absolute atomic E-state index is 0.0549. The predicted octanol–water partition coefficient (Wildman–Crippen LogP) is 3.65. The summed E-state index contributed by atoms with van der Waals surface area (Å²) in [6.45, 7) is 0. The number of sulfone groups is 1. The van der Waals surface area contributed by atoms with Gasteiger partial charge in [-0.25, -0.2) is 8.42 Å². The third kappa shape index (κ3) is 3.98. The van der Waals surface area contributed by atoms with Crippen molar-refractivity contribution in [3.8, 4) is 12.1 Å². The van der Waals surface area contributed by atoms with Gasteiger partial charge in [-0.05, 0) is 41.8 Å². The van der Waals surface area contributed by atoms with Crippen LogP contribution >= 0.6 is 0 Å². The first-order valence-electron chi connectivity index (χ1n) is 6.98. The van der Waals surface area contributed by atoms with Crippen molar-refractivity contribution in [2.45, 2.75) is 17.2 Å². The zero-order valence-electron chi connectivity index (χ0n) is 12.7. The van der Waals surface area contributed by atoms with Gasteiger partial charge in [0, 0.05) is 0 Å². The monoisotopic (exact) mass is 364 g/mol. The van der Waals surface area contributed by atoms with Crippen molar-refractivity contribution in [3.63, 3.8) is 0 Å². The number of nitrogens with zero attached hydrogens (tertiary/aromatic N) is 2. The molecule has 0 aliphatic rings. The molecule has 0 radical (unpaired) electrons. The summed E-state index contributed by atoms with van der Waals surface area (Å²) >= 11 is 0. The number of rotatable bonds is 4. The largest absolute Gasteiger partial charge is 0.498 e. The van der Waals surface area contributed by atoms with Crippen molar-refractivity contribution in [1.82, 2.24) is 0 Å². The van der Waals surface area contributed by atoms with E-state index in [2.05, 4.69) is 0 Å². The van der Waals surface area contributed by atoms with Gasteiger partial charge >= 0.3 is 5.51 Å². The number of benzene rings is 2. The van der Waals surface area contributed by atoms with Gasteiger partial charge in [-0.15, -0.1) is 0 Å². The smallest absolute Gasteiger partial charge is 0.219 e. The Kier molecular flexibility index (Phi) is 5.15. The Hall–Kier alpha value is -2.84. The van der Waals surface area contributed by atoms with Crippen LogP contribution in [0.3, 0.4) is 0 Å². The van der Waals surface area contributed by atoms with Crippen LogP contribution in [-0.2, 0) is 16.3 Å². The highest BCUT2D eigenvalue weighted by Crippen LogP contribution is 2.37. The van der Waals surface area contributed by atoms with E-state index in [9.17, 15) is 21.6 Å². The molecule has 4 nitrogen and oxygen atoms in total. The summed E-state index contributed by atoms with van der Waals surface area (Å²) in [6.07, 6.45) is -0.403. The normalized spacial score (nSPS) is 12.8. The average molecular weight is 364 g/mol. The molecular formula is C17H11F3N2O2S. The van der Waals surface area contributed by atoms with Gasteiger partial charge in [-0.3, -0.25) is 0 Å². The van der Waals surface area contributed by atoms with Crippen LogP contribution in [0.25, 0.3) is 0 Å². The van der Waals surface area contributed by atoms with Crippen molar-refractivity contribution >= 4 is 9.84 Å². The van der Waals surface area contributed by atoms with Gasteiger partial charge in [-0.2, -0.15) is 23.7 Å². The zero-order valence-corrected chi connectivity index (χ0v) is 13.5. The molecule has 0 aromatic heterocycles. The lowest BCUT2D eigenvalue weighted by molar-refractivity contribution is -0.0445. The van der Waals surface area contributed by atoms with E-state index in [-0.39, 0.29) is 11.1 Å². The van der Waals surface area contributed by atoms with Gasteiger partial charge in [-0.1, -0.05) is 24.3 Å². The lowest BCUT2D eigenvalue weighted by Gasteiger charge is -2.20. The molecule has 25 heavy (non-hydrogen) atoms. The molecule has 2 aromatic rings. The molecule has 0 aliphatic carbocycles. The second kappa shape index (κ2) is 6.96. The molecule has 1 unspecified atom stereocenters. The summed E-state index contributed by atoms with van der Waals surface area (Å²) in [7, 11) is -5.47. The molecule has 2 aromatic carbocycles. The first kappa shape index (κ1) is 18.5. The van der Waals surface area contributed by atoms with Crippen molar-refractivity contribution in [3.05, 3.63) is 70.8 Å². The fourth-order valence-corrected chi connectivity index (χ4v) is 3.52. The number of nitriles is 2. The topological polar surface area (TPSA) is 81.7 Å². The van der Waals surface area contributed by atoms with E-state index in [1.807, 2.05) is 12.1 Å². The van der Waals surface area contributed by atoms with Crippen LogP contribution in [0.4, 0.5) is 13.2 Å². The molecule has 0 saturated carbocycles. The summed E-state index contributed by atoms with van der Waals surface area (Å²) in [4.78, 5) is 0. The summed E-state index contributed by atoms with van der Waals surface area (Å²) < 4.78 is 63.1. The maximum Gasteiger partial charge on any atom is 0.498 e. The molecule has 0 bridgehead atoms. The number of alkyl halides is 3. The lowest BCUT2D eigenvalue weighted by atomic mass is 10.0. The minimum Gasteiger partial charge on any atom is -0.219 e. The Morgan fingerprint density at radius 3 is 1.72 bits per heavy atom. The van der Waals surface area contributed by atoms with E-state index in [0.29, 0.717) is 11.1 Å². The summed E-state index contributed by atoms with van der Waals surface area (Å²) in [5.41, 5.74) is -4.58. The van der Waals surface area contributed by atoms with Crippen LogP contribution in [-0.4, -0.2) is 13.9 Å². The minimum atomic E-state index is -5.47. The zero-order chi connectivity index (χ0) is 18.7. The lowest BCUT2D eigenvalue weighted by Crippen LogP contribution is -2.30. The molecule has 0 heterocycles. The van der Waals surface area contributed by atoms with Gasteiger partial charge in [0.2, 0.25) is 0 Å². The molecule has 1 atom stereocenters. The Balaban J connectivity index is 2.48. The Bertz CT molecular complexity index is 936. The van der Waals surface area contributed by atoms with E-state index in [1.54, 1.807) is 0 Å².